The minimum Gasteiger partial charge on any atom is -0.356 e. The molecule has 0 fully saturated rings. The summed E-state index contributed by atoms with van der Waals surface area (Å²) in [4.78, 5) is 19.0. The highest BCUT2D eigenvalue weighted by atomic mass is 16.1. The summed E-state index contributed by atoms with van der Waals surface area (Å²) in [7, 11) is 0. The molecule has 1 heterocycles. The molecule has 1 amide bonds. The lowest BCUT2D eigenvalue weighted by atomic mass is 10.2. The standard InChI is InChI=1S/C14H20N4O/c1-10(2)13(19)15-8-5-9-16-14-17-11-6-3-4-7-12(11)18-14/h3-4,6-7,10H,5,8-9H2,1-2H3,(H,15,19)(H2,16,17,18). The van der Waals surface area contributed by atoms with Crippen molar-refractivity contribution in [2.45, 2.75) is 20.3 Å². The summed E-state index contributed by atoms with van der Waals surface area (Å²) in [6.45, 7) is 5.24. The van der Waals surface area contributed by atoms with E-state index in [9.17, 15) is 4.79 Å². The number of imidazole rings is 1. The number of nitrogens with one attached hydrogen (secondary N) is 3. The van der Waals surface area contributed by atoms with Gasteiger partial charge in [0, 0.05) is 19.0 Å². The topological polar surface area (TPSA) is 69.8 Å². The number of nitrogens with zero attached hydrogens (tertiary/aromatic N) is 1. The molecule has 5 heteroatoms. The van der Waals surface area contributed by atoms with Crippen molar-refractivity contribution in [1.29, 1.82) is 0 Å². The summed E-state index contributed by atoms with van der Waals surface area (Å²) >= 11 is 0. The van der Waals surface area contributed by atoms with Crippen molar-refractivity contribution in [1.82, 2.24) is 15.3 Å². The predicted octanol–water partition coefficient (Wildman–Crippen LogP) is 2.14. The fraction of sp³-hybridized carbons (Fsp3) is 0.429. The fourth-order valence-electron chi connectivity index (χ4n) is 1.75. The molecular weight excluding hydrogens is 240 g/mol. The Bertz CT molecular complexity index is 514. The lowest BCUT2D eigenvalue weighted by Crippen LogP contribution is -2.29. The van der Waals surface area contributed by atoms with Crippen LogP contribution in [-0.2, 0) is 4.79 Å². The van der Waals surface area contributed by atoms with Crippen molar-refractivity contribution in [3.63, 3.8) is 0 Å². The summed E-state index contributed by atoms with van der Waals surface area (Å²) in [5.74, 6) is 0.920. The molecule has 0 unspecified atom stereocenters. The molecule has 0 atom stereocenters. The van der Waals surface area contributed by atoms with E-state index in [0.29, 0.717) is 6.54 Å². The Morgan fingerprint density at radius 3 is 2.84 bits per heavy atom. The van der Waals surface area contributed by atoms with E-state index in [1.807, 2.05) is 38.1 Å². The van der Waals surface area contributed by atoms with Crippen LogP contribution in [0.4, 0.5) is 5.95 Å². The number of amides is 1. The lowest BCUT2D eigenvalue weighted by molar-refractivity contribution is -0.123. The van der Waals surface area contributed by atoms with Crippen LogP contribution in [0.5, 0.6) is 0 Å². The first kappa shape index (κ1) is 13.4. The number of hydrogen-bond donors (Lipinski definition) is 3. The molecule has 1 aromatic heterocycles. The van der Waals surface area contributed by atoms with Crippen molar-refractivity contribution >= 4 is 22.9 Å². The number of para-hydroxylation sites is 2. The summed E-state index contributed by atoms with van der Waals surface area (Å²) in [6, 6.07) is 7.91. The number of aromatic amines is 1. The Morgan fingerprint density at radius 1 is 1.32 bits per heavy atom. The van der Waals surface area contributed by atoms with Crippen LogP contribution < -0.4 is 10.6 Å². The number of fused-ring (bicyclic) bond motifs is 1. The van der Waals surface area contributed by atoms with Crippen LogP contribution in [0.15, 0.2) is 24.3 Å². The highest BCUT2D eigenvalue weighted by Gasteiger charge is 2.05. The molecule has 0 spiro atoms. The average molecular weight is 260 g/mol. The second-order valence-corrected chi connectivity index (χ2v) is 4.83. The normalized spacial score (nSPS) is 10.9. The molecular formula is C14H20N4O. The molecule has 19 heavy (non-hydrogen) atoms. The molecule has 3 N–H and O–H groups in total. The van der Waals surface area contributed by atoms with Crippen LogP contribution in [0, 0.1) is 5.92 Å². The Balaban J connectivity index is 1.72. The quantitative estimate of drug-likeness (QED) is 0.697. The molecule has 0 radical (unpaired) electrons. The molecule has 0 bridgehead atoms. The molecule has 0 aliphatic carbocycles. The van der Waals surface area contributed by atoms with Gasteiger partial charge < -0.3 is 15.6 Å². The third-order valence-corrected chi connectivity index (χ3v) is 2.86. The monoisotopic (exact) mass is 260 g/mol. The van der Waals surface area contributed by atoms with Gasteiger partial charge in [0.15, 0.2) is 0 Å². The smallest absolute Gasteiger partial charge is 0.222 e. The van der Waals surface area contributed by atoms with E-state index in [1.165, 1.54) is 0 Å². The van der Waals surface area contributed by atoms with Gasteiger partial charge in [0.1, 0.15) is 0 Å². The first-order valence-corrected chi connectivity index (χ1v) is 6.63. The SMILES string of the molecule is CC(C)C(=O)NCCCNc1nc2ccccc2[nH]1. The first-order valence-electron chi connectivity index (χ1n) is 6.63. The van der Waals surface area contributed by atoms with Crippen LogP contribution in [0.2, 0.25) is 0 Å². The van der Waals surface area contributed by atoms with Crippen LogP contribution in [0.1, 0.15) is 20.3 Å². The summed E-state index contributed by atoms with van der Waals surface area (Å²) in [6.07, 6.45) is 0.871. The van der Waals surface area contributed by atoms with Crippen LogP contribution in [-0.4, -0.2) is 29.0 Å². The maximum atomic E-state index is 11.3. The third-order valence-electron chi connectivity index (χ3n) is 2.86. The number of rotatable bonds is 6. The molecule has 0 aliphatic heterocycles. The van der Waals surface area contributed by atoms with Crippen molar-refractivity contribution in [2.75, 3.05) is 18.4 Å². The minimum absolute atomic E-state index is 0.0448. The van der Waals surface area contributed by atoms with Crippen molar-refractivity contribution in [3.8, 4) is 0 Å². The minimum atomic E-state index is 0.0448. The second-order valence-electron chi connectivity index (χ2n) is 4.83. The van der Waals surface area contributed by atoms with Gasteiger partial charge in [-0.1, -0.05) is 26.0 Å². The highest BCUT2D eigenvalue weighted by Crippen LogP contribution is 2.12. The van der Waals surface area contributed by atoms with Gasteiger partial charge in [-0.25, -0.2) is 4.98 Å². The van der Waals surface area contributed by atoms with Crippen molar-refractivity contribution < 1.29 is 4.79 Å². The molecule has 0 saturated heterocycles. The number of carbonyl (C=O) groups is 1. The molecule has 2 rings (SSSR count). The van der Waals surface area contributed by atoms with Gasteiger partial charge in [-0.2, -0.15) is 0 Å². The Labute approximate surface area is 112 Å². The van der Waals surface area contributed by atoms with E-state index in [2.05, 4.69) is 20.6 Å². The van der Waals surface area contributed by atoms with Gasteiger partial charge >= 0.3 is 0 Å². The number of anilines is 1. The van der Waals surface area contributed by atoms with Gasteiger partial charge in [-0.3, -0.25) is 4.79 Å². The molecule has 5 nitrogen and oxygen atoms in total. The number of H-pyrrole nitrogens is 1. The molecule has 102 valence electrons. The van der Waals surface area contributed by atoms with Gasteiger partial charge in [0.25, 0.3) is 0 Å². The average Bonchev–Trinajstić information content (AvgIpc) is 2.80. The zero-order chi connectivity index (χ0) is 13.7. The van der Waals surface area contributed by atoms with Gasteiger partial charge in [0.2, 0.25) is 11.9 Å². The number of aromatic nitrogens is 2. The van der Waals surface area contributed by atoms with Crippen LogP contribution >= 0.6 is 0 Å². The molecule has 2 aromatic rings. The number of benzene rings is 1. The molecule has 0 saturated carbocycles. The van der Waals surface area contributed by atoms with Gasteiger partial charge in [-0.05, 0) is 18.6 Å². The van der Waals surface area contributed by atoms with E-state index < -0.39 is 0 Å². The number of hydrogen-bond acceptors (Lipinski definition) is 3. The number of carbonyl (C=O) groups excluding carboxylic acids is 1. The van der Waals surface area contributed by atoms with E-state index in [1.54, 1.807) is 0 Å². The highest BCUT2D eigenvalue weighted by molar-refractivity contribution is 5.78. The third kappa shape index (κ3) is 3.71. The van der Waals surface area contributed by atoms with E-state index >= 15 is 0 Å². The van der Waals surface area contributed by atoms with Crippen LogP contribution in [0.25, 0.3) is 11.0 Å². The maximum Gasteiger partial charge on any atom is 0.222 e. The first-order chi connectivity index (χ1) is 9.16. The maximum absolute atomic E-state index is 11.3. The van der Waals surface area contributed by atoms with Crippen molar-refractivity contribution in [2.24, 2.45) is 5.92 Å². The van der Waals surface area contributed by atoms with Gasteiger partial charge in [0.05, 0.1) is 11.0 Å². The molecule has 1 aromatic carbocycles. The van der Waals surface area contributed by atoms with Crippen molar-refractivity contribution in [3.05, 3.63) is 24.3 Å². The summed E-state index contributed by atoms with van der Waals surface area (Å²) in [5, 5.41) is 6.10. The molecule has 0 aliphatic rings. The largest absolute Gasteiger partial charge is 0.356 e. The zero-order valence-corrected chi connectivity index (χ0v) is 11.4. The Morgan fingerprint density at radius 2 is 2.11 bits per heavy atom. The summed E-state index contributed by atoms with van der Waals surface area (Å²) in [5.41, 5.74) is 1.98. The van der Waals surface area contributed by atoms with Crippen LogP contribution in [0.3, 0.4) is 0 Å². The van der Waals surface area contributed by atoms with E-state index in [4.69, 9.17) is 0 Å². The Kier molecular flexibility index (Phi) is 4.39. The van der Waals surface area contributed by atoms with Gasteiger partial charge in [-0.15, -0.1) is 0 Å². The lowest BCUT2D eigenvalue weighted by Gasteiger charge is -2.07. The van der Waals surface area contributed by atoms with E-state index in [-0.39, 0.29) is 11.8 Å². The summed E-state index contributed by atoms with van der Waals surface area (Å²) < 4.78 is 0. The fourth-order valence-corrected chi connectivity index (χ4v) is 1.75. The zero-order valence-electron chi connectivity index (χ0n) is 11.4. The predicted molar refractivity (Wildman–Crippen MR) is 77.0 cm³/mol. The van der Waals surface area contributed by atoms with E-state index in [0.717, 1.165) is 29.9 Å². The second kappa shape index (κ2) is 6.22. The Hall–Kier alpha value is -2.04.